The quantitative estimate of drug-likeness (QED) is 0.627. The number of benzene rings is 1. The van der Waals surface area contributed by atoms with Crippen molar-refractivity contribution in [3.63, 3.8) is 0 Å². The van der Waals surface area contributed by atoms with Gasteiger partial charge in [-0.1, -0.05) is 0 Å². The molecule has 128 valence electrons. The third kappa shape index (κ3) is 3.08. The van der Waals surface area contributed by atoms with E-state index in [2.05, 4.69) is 15.3 Å². The van der Waals surface area contributed by atoms with Gasteiger partial charge in [0.25, 0.3) is 11.2 Å². The van der Waals surface area contributed by atoms with E-state index >= 15 is 0 Å². The molecule has 1 fully saturated rings. The van der Waals surface area contributed by atoms with Crippen molar-refractivity contribution in [2.45, 2.75) is 18.4 Å². The molecule has 0 bridgehead atoms. The molecule has 0 aliphatic carbocycles. The summed E-state index contributed by atoms with van der Waals surface area (Å²) in [4.78, 5) is 29.1. The number of nitrogens with one attached hydrogen (secondary N) is 2. The van der Waals surface area contributed by atoms with Gasteiger partial charge in [0, 0.05) is 45.8 Å². The van der Waals surface area contributed by atoms with Crippen molar-refractivity contribution < 1.29 is 14.4 Å². The van der Waals surface area contributed by atoms with E-state index in [9.17, 15) is 14.9 Å². The minimum Gasteiger partial charge on any atom is -0.381 e. The molecule has 1 aromatic heterocycles. The molecular formula is C15H18N4O5. The van der Waals surface area contributed by atoms with Crippen LogP contribution in [0, 0.1) is 10.1 Å². The van der Waals surface area contributed by atoms with Crippen molar-refractivity contribution in [1.29, 1.82) is 0 Å². The second-order valence-electron chi connectivity index (χ2n) is 5.73. The van der Waals surface area contributed by atoms with Gasteiger partial charge < -0.3 is 19.8 Å². The van der Waals surface area contributed by atoms with Gasteiger partial charge in [-0.2, -0.15) is 0 Å². The molecule has 24 heavy (non-hydrogen) atoms. The highest BCUT2D eigenvalue weighted by molar-refractivity contribution is 5.86. The summed E-state index contributed by atoms with van der Waals surface area (Å²) in [5, 5.41) is 14.6. The highest BCUT2D eigenvalue weighted by atomic mass is 16.6. The Morgan fingerprint density at radius 2 is 2.21 bits per heavy atom. The van der Waals surface area contributed by atoms with Crippen molar-refractivity contribution >= 4 is 22.3 Å². The van der Waals surface area contributed by atoms with Crippen LogP contribution in [0.25, 0.3) is 10.9 Å². The van der Waals surface area contributed by atoms with Crippen LogP contribution in [-0.2, 0) is 9.47 Å². The van der Waals surface area contributed by atoms with Gasteiger partial charge in [-0.15, -0.1) is 0 Å². The van der Waals surface area contributed by atoms with Gasteiger partial charge >= 0.3 is 0 Å². The zero-order chi connectivity index (χ0) is 17.2. The lowest BCUT2D eigenvalue weighted by atomic mass is 9.94. The first-order valence-corrected chi connectivity index (χ1v) is 7.57. The number of fused-ring (bicyclic) bond motifs is 1. The molecule has 9 nitrogen and oxygen atoms in total. The molecule has 1 aliphatic heterocycles. The molecule has 2 heterocycles. The average Bonchev–Trinajstić information content (AvgIpc) is 2.60. The standard InChI is InChI=1S/C15H18N4O5/c1-23-15(2-4-24-5-3-15)8-16-12-7-11-10(6-13(12)19(21)22)14(20)18-9-17-11/h6-7,9,16H,2-5,8H2,1H3,(H,17,18,20). The number of methoxy groups -OCH3 is 1. The molecule has 9 heteroatoms. The Bertz CT molecular complexity index is 813. The third-order valence-corrected chi connectivity index (χ3v) is 4.39. The SMILES string of the molecule is COC1(CNc2cc3nc[nH]c(=O)c3cc2[N+](=O)[O-])CCOCC1. The first-order valence-electron chi connectivity index (χ1n) is 7.57. The predicted octanol–water partition coefficient (Wildman–Crippen LogP) is 1.44. The van der Waals surface area contributed by atoms with Crippen LogP contribution in [0.5, 0.6) is 0 Å². The van der Waals surface area contributed by atoms with Crippen LogP contribution in [0.15, 0.2) is 23.3 Å². The zero-order valence-electron chi connectivity index (χ0n) is 13.2. The molecule has 0 atom stereocenters. The molecule has 0 saturated carbocycles. The van der Waals surface area contributed by atoms with Crippen LogP contribution in [-0.4, -0.2) is 47.4 Å². The lowest BCUT2D eigenvalue weighted by molar-refractivity contribution is -0.383. The molecule has 3 rings (SSSR count). The summed E-state index contributed by atoms with van der Waals surface area (Å²) >= 11 is 0. The van der Waals surface area contributed by atoms with Crippen LogP contribution < -0.4 is 10.9 Å². The summed E-state index contributed by atoms with van der Waals surface area (Å²) in [5.74, 6) is 0. The number of anilines is 1. The van der Waals surface area contributed by atoms with Gasteiger partial charge in [0.2, 0.25) is 0 Å². The molecule has 2 N–H and O–H groups in total. The second kappa shape index (κ2) is 6.54. The highest BCUT2D eigenvalue weighted by Gasteiger charge is 2.33. The molecule has 1 saturated heterocycles. The van der Waals surface area contributed by atoms with Gasteiger partial charge in [0.15, 0.2) is 0 Å². The van der Waals surface area contributed by atoms with Crippen molar-refractivity contribution in [3.8, 4) is 0 Å². The number of H-pyrrole nitrogens is 1. The fourth-order valence-corrected chi connectivity index (χ4v) is 2.85. The van der Waals surface area contributed by atoms with E-state index in [1.165, 1.54) is 18.5 Å². The third-order valence-electron chi connectivity index (χ3n) is 4.39. The Morgan fingerprint density at radius 3 is 2.88 bits per heavy atom. The second-order valence-corrected chi connectivity index (χ2v) is 5.73. The minimum atomic E-state index is -0.516. The zero-order valence-corrected chi connectivity index (χ0v) is 13.2. The molecule has 0 unspecified atom stereocenters. The number of hydrogen-bond donors (Lipinski definition) is 2. The molecule has 1 aromatic carbocycles. The van der Waals surface area contributed by atoms with Gasteiger partial charge in [0.05, 0.1) is 27.8 Å². The summed E-state index contributed by atoms with van der Waals surface area (Å²) in [6.07, 6.45) is 2.68. The fraction of sp³-hybridized carbons (Fsp3) is 0.467. The summed E-state index contributed by atoms with van der Waals surface area (Å²) in [7, 11) is 1.63. The van der Waals surface area contributed by atoms with Crippen LogP contribution in [0.4, 0.5) is 11.4 Å². The Balaban J connectivity index is 1.94. The van der Waals surface area contributed by atoms with Crippen molar-refractivity contribution in [3.05, 3.63) is 38.9 Å². The Hall–Kier alpha value is -2.52. The average molecular weight is 334 g/mol. The number of aromatic amines is 1. The Kier molecular flexibility index (Phi) is 4.45. The summed E-state index contributed by atoms with van der Waals surface area (Å²) in [5.41, 5.74) is -0.298. The molecule has 0 amide bonds. The maximum Gasteiger partial charge on any atom is 0.293 e. The molecule has 0 spiro atoms. The van der Waals surface area contributed by atoms with E-state index in [1.54, 1.807) is 7.11 Å². The number of nitro benzene ring substituents is 1. The van der Waals surface area contributed by atoms with Crippen LogP contribution in [0.3, 0.4) is 0 Å². The van der Waals surface area contributed by atoms with Crippen molar-refractivity contribution in [2.24, 2.45) is 0 Å². The fourth-order valence-electron chi connectivity index (χ4n) is 2.85. The van der Waals surface area contributed by atoms with E-state index in [-0.39, 0.29) is 11.1 Å². The number of nitro groups is 1. The normalized spacial score (nSPS) is 16.9. The van der Waals surface area contributed by atoms with Crippen LogP contribution in [0.1, 0.15) is 12.8 Å². The van der Waals surface area contributed by atoms with Gasteiger partial charge in [-0.05, 0) is 6.07 Å². The number of hydrogen-bond acceptors (Lipinski definition) is 7. The smallest absolute Gasteiger partial charge is 0.293 e. The van der Waals surface area contributed by atoms with E-state index < -0.39 is 16.1 Å². The van der Waals surface area contributed by atoms with Gasteiger partial charge in [0.1, 0.15) is 5.69 Å². The highest BCUT2D eigenvalue weighted by Crippen LogP contribution is 2.30. The molecule has 0 radical (unpaired) electrons. The Morgan fingerprint density at radius 1 is 1.46 bits per heavy atom. The number of rotatable bonds is 5. The first kappa shape index (κ1) is 16.3. The van der Waals surface area contributed by atoms with E-state index in [1.807, 2.05) is 0 Å². The van der Waals surface area contributed by atoms with E-state index in [0.717, 1.165) is 0 Å². The Labute approximate surface area is 137 Å². The van der Waals surface area contributed by atoms with E-state index in [4.69, 9.17) is 9.47 Å². The van der Waals surface area contributed by atoms with Crippen LogP contribution >= 0.6 is 0 Å². The summed E-state index contributed by atoms with van der Waals surface area (Å²) < 4.78 is 11.0. The first-order chi connectivity index (χ1) is 11.5. The maximum absolute atomic E-state index is 11.8. The summed E-state index contributed by atoms with van der Waals surface area (Å²) in [6, 6.07) is 2.76. The predicted molar refractivity (Wildman–Crippen MR) is 87.3 cm³/mol. The molecule has 2 aromatic rings. The molecule has 1 aliphatic rings. The maximum atomic E-state index is 11.8. The number of ether oxygens (including phenoxy) is 2. The number of nitrogens with zero attached hydrogens (tertiary/aromatic N) is 2. The van der Waals surface area contributed by atoms with E-state index in [0.29, 0.717) is 43.8 Å². The van der Waals surface area contributed by atoms with Crippen molar-refractivity contribution in [1.82, 2.24) is 9.97 Å². The largest absolute Gasteiger partial charge is 0.381 e. The monoisotopic (exact) mass is 334 g/mol. The lowest BCUT2D eigenvalue weighted by Gasteiger charge is -2.36. The minimum absolute atomic E-state index is 0.167. The summed E-state index contributed by atoms with van der Waals surface area (Å²) in [6.45, 7) is 1.58. The van der Waals surface area contributed by atoms with Gasteiger partial charge in [-0.3, -0.25) is 14.9 Å². The number of aromatic nitrogens is 2. The molecular weight excluding hydrogens is 316 g/mol. The van der Waals surface area contributed by atoms with Crippen LogP contribution in [0.2, 0.25) is 0 Å². The van der Waals surface area contributed by atoms with Gasteiger partial charge in [-0.25, -0.2) is 4.98 Å². The lowest BCUT2D eigenvalue weighted by Crippen LogP contribution is -2.44. The topological polar surface area (TPSA) is 119 Å². The van der Waals surface area contributed by atoms with Crippen molar-refractivity contribution in [2.75, 3.05) is 32.2 Å².